The first-order valence-electron chi connectivity index (χ1n) is 4.59. The molecule has 2 unspecified atom stereocenters. The van der Waals surface area contributed by atoms with Gasteiger partial charge in [0.05, 0.1) is 11.9 Å². The molecule has 1 N–H and O–H groups in total. The Kier molecular flexibility index (Phi) is 2.19. The number of nitrogens with one attached hydrogen (secondary N) is 1. The van der Waals surface area contributed by atoms with Crippen LogP contribution in [0.25, 0.3) is 0 Å². The minimum Gasteiger partial charge on any atom is -0.324 e. The van der Waals surface area contributed by atoms with Gasteiger partial charge in [-0.15, -0.1) is 0 Å². The van der Waals surface area contributed by atoms with Crippen LogP contribution < -0.4 is 5.32 Å². The lowest BCUT2D eigenvalue weighted by atomic mass is 10.3. The molecule has 74 valence electrons. The number of rotatable bonds is 2. The zero-order valence-electron chi connectivity index (χ0n) is 7.83. The van der Waals surface area contributed by atoms with Gasteiger partial charge in [0.15, 0.2) is 0 Å². The highest BCUT2D eigenvalue weighted by Gasteiger charge is 2.39. The van der Waals surface area contributed by atoms with E-state index in [4.69, 9.17) is 0 Å². The van der Waals surface area contributed by atoms with Crippen LogP contribution >= 0.6 is 0 Å². The summed E-state index contributed by atoms with van der Waals surface area (Å²) < 4.78 is 12.4. The number of carbonyl (C=O) groups is 1. The molecule has 1 amide bonds. The van der Waals surface area contributed by atoms with E-state index in [1.165, 1.54) is 18.3 Å². The number of hydrogen-bond acceptors (Lipinski definition) is 2. The van der Waals surface area contributed by atoms with Gasteiger partial charge < -0.3 is 5.32 Å². The zero-order chi connectivity index (χ0) is 10.1. The van der Waals surface area contributed by atoms with Gasteiger partial charge in [0.25, 0.3) is 0 Å². The van der Waals surface area contributed by atoms with Gasteiger partial charge in [-0.25, -0.2) is 4.98 Å². The molecule has 3 nitrogen and oxygen atoms in total. The second-order valence-electron chi connectivity index (χ2n) is 3.68. The van der Waals surface area contributed by atoms with Crippen molar-refractivity contribution in [2.24, 2.45) is 11.8 Å². The van der Waals surface area contributed by atoms with Crippen molar-refractivity contribution in [3.63, 3.8) is 0 Å². The summed E-state index contributed by atoms with van der Waals surface area (Å²) in [4.78, 5) is 14.9. The van der Waals surface area contributed by atoms with E-state index in [1.54, 1.807) is 0 Å². The first-order valence-corrected chi connectivity index (χ1v) is 4.59. The van der Waals surface area contributed by atoms with Gasteiger partial charge in [0.1, 0.15) is 0 Å². The van der Waals surface area contributed by atoms with E-state index in [9.17, 15) is 9.18 Å². The van der Waals surface area contributed by atoms with Gasteiger partial charge in [-0.1, -0.05) is 6.92 Å². The average Bonchev–Trinajstić information content (AvgIpc) is 2.87. The minimum absolute atomic E-state index is 0.00547. The summed E-state index contributed by atoms with van der Waals surface area (Å²) in [7, 11) is 0. The summed E-state index contributed by atoms with van der Waals surface area (Å²) in [5.41, 5.74) is 0.551. The Morgan fingerprint density at radius 3 is 2.86 bits per heavy atom. The zero-order valence-corrected chi connectivity index (χ0v) is 7.83. The lowest BCUT2D eigenvalue weighted by molar-refractivity contribution is -0.117. The van der Waals surface area contributed by atoms with E-state index >= 15 is 0 Å². The molecule has 1 aromatic heterocycles. The van der Waals surface area contributed by atoms with Crippen molar-refractivity contribution in [2.75, 3.05) is 5.32 Å². The molecule has 1 aromatic rings. The molecule has 0 spiro atoms. The van der Waals surface area contributed by atoms with Gasteiger partial charge >= 0.3 is 0 Å². The van der Waals surface area contributed by atoms with Crippen LogP contribution in [0.1, 0.15) is 13.3 Å². The fourth-order valence-electron chi connectivity index (χ4n) is 1.37. The fourth-order valence-corrected chi connectivity index (χ4v) is 1.37. The van der Waals surface area contributed by atoms with Crippen molar-refractivity contribution in [3.8, 4) is 0 Å². The second-order valence-corrected chi connectivity index (χ2v) is 3.68. The number of pyridine rings is 1. The van der Waals surface area contributed by atoms with Crippen molar-refractivity contribution in [2.45, 2.75) is 13.3 Å². The van der Waals surface area contributed by atoms with Crippen LogP contribution in [0.2, 0.25) is 0 Å². The summed E-state index contributed by atoms with van der Waals surface area (Å²) in [6.45, 7) is 2.03. The van der Waals surface area contributed by atoms with E-state index < -0.39 is 5.95 Å². The predicted molar refractivity (Wildman–Crippen MR) is 50.1 cm³/mol. The number of anilines is 1. The number of aromatic nitrogens is 1. The summed E-state index contributed by atoms with van der Waals surface area (Å²) in [6.07, 6.45) is 2.26. The van der Waals surface area contributed by atoms with Crippen molar-refractivity contribution >= 4 is 11.6 Å². The average molecular weight is 194 g/mol. The Labute approximate surface area is 81.3 Å². The molecule has 0 aromatic carbocycles. The highest BCUT2D eigenvalue weighted by Crippen LogP contribution is 2.38. The minimum atomic E-state index is -0.539. The molecular formula is C10H11FN2O. The van der Waals surface area contributed by atoms with E-state index in [1.807, 2.05) is 6.92 Å². The lowest BCUT2D eigenvalue weighted by Gasteiger charge is -2.02. The summed E-state index contributed by atoms with van der Waals surface area (Å²) in [5.74, 6) is 0.0668. The second kappa shape index (κ2) is 3.36. The molecule has 2 rings (SSSR count). The SMILES string of the molecule is CC1CC1C(=O)Nc1ccc(F)nc1. The molecule has 1 aliphatic rings. The van der Waals surface area contributed by atoms with E-state index in [0.29, 0.717) is 11.6 Å². The van der Waals surface area contributed by atoms with Crippen molar-refractivity contribution < 1.29 is 9.18 Å². The third-order valence-electron chi connectivity index (χ3n) is 2.44. The molecule has 1 fully saturated rings. The summed E-state index contributed by atoms with van der Waals surface area (Å²) in [6, 6.07) is 2.74. The van der Waals surface area contributed by atoms with Crippen molar-refractivity contribution in [1.29, 1.82) is 0 Å². The van der Waals surface area contributed by atoms with Crippen molar-refractivity contribution in [1.82, 2.24) is 4.98 Å². The maximum atomic E-state index is 12.4. The van der Waals surface area contributed by atoms with Gasteiger partial charge in [0.2, 0.25) is 11.9 Å². The number of carbonyl (C=O) groups excluding carboxylic acids is 1. The highest BCUT2D eigenvalue weighted by atomic mass is 19.1. The maximum absolute atomic E-state index is 12.4. The van der Waals surface area contributed by atoms with Crippen LogP contribution in [0, 0.1) is 17.8 Å². The fraction of sp³-hybridized carbons (Fsp3) is 0.400. The quantitative estimate of drug-likeness (QED) is 0.729. The highest BCUT2D eigenvalue weighted by molar-refractivity contribution is 5.94. The molecule has 1 heterocycles. The Hall–Kier alpha value is -1.45. The molecule has 2 atom stereocenters. The third kappa shape index (κ3) is 1.89. The lowest BCUT2D eigenvalue weighted by Crippen LogP contribution is -2.14. The summed E-state index contributed by atoms with van der Waals surface area (Å²) >= 11 is 0. The van der Waals surface area contributed by atoms with Crippen LogP contribution in [-0.4, -0.2) is 10.9 Å². The molecule has 0 bridgehead atoms. The standard InChI is InChI=1S/C10H11FN2O/c1-6-4-8(6)10(14)13-7-2-3-9(11)12-5-7/h2-3,5-6,8H,4H2,1H3,(H,13,14). The third-order valence-corrected chi connectivity index (χ3v) is 2.44. The molecule has 0 radical (unpaired) electrons. The van der Waals surface area contributed by atoms with Crippen molar-refractivity contribution in [3.05, 3.63) is 24.3 Å². The van der Waals surface area contributed by atoms with Gasteiger partial charge in [0, 0.05) is 5.92 Å². The Morgan fingerprint density at radius 2 is 2.36 bits per heavy atom. The Balaban J connectivity index is 1.97. The Bertz CT molecular complexity index is 350. The molecule has 1 saturated carbocycles. The van der Waals surface area contributed by atoms with E-state index in [-0.39, 0.29) is 11.8 Å². The van der Waals surface area contributed by atoms with Gasteiger partial charge in [-0.05, 0) is 24.5 Å². The Morgan fingerprint density at radius 1 is 1.64 bits per heavy atom. The molecule has 0 aliphatic heterocycles. The number of halogens is 1. The van der Waals surface area contributed by atoms with E-state index in [2.05, 4.69) is 10.3 Å². The first kappa shape index (κ1) is 9.12. The topological polar surface area (TPSA) is 42.0 Å². The van der Waals surface area contributed by atoms with Gasteiger partial charge in [-0.2, -0.15) is 4.39 Å². The largest absolute Gasteiger partial charge is 0.324 e. The van der Waals surface area contributed by atoms with Crippen LogP contribution in [-0.2, 0) is 4.79 Å². The van der Waals surface area contributed by atoms with E-state index in [0.717, 1.165) is 6.42 Å². The predicted octanol–water partition coefficient (Wildman–Crippen LogP) is 1.82. The maximum Gasteiger partial charge on any atom is 0.227 e. The molecule has 4 heteroatoms. The normalized spacial score (nSPS) is 24.4. The smallest absolute Gasteiger partial charge is 0.227 e. The molecular weight excluding hydrogens is 183 g/mol. The number of nitrogens with zero attached hydrogens (tertiary/aromatic N) is 1. The first-order chi connectivity index (χ1) is 6.66. The van der Waals surface area contributed by atoms with Gasteiger partial charge in [-0.3, -0.25) is 4.79 Å². The molecule has 14 heavy (non-hydrogen) atoms. The van der Waals surface area contributed by atoms with Crippen LogP contribution in [0.3, 0.4) is 0 Å². The number of amides is 1. The summed E-state index contributed by atoms with van der Waals surface area (Å²) in [5, 5.41) is 2.69. The number of hydrogen-bond donors (Lipinski definition) is 1. The molecule has 0 saturated heterocycles. The van der Waals surface area contributed by atoms with Crippen LogP contribution in [0.15, 0.2) is 18.3 Å². The van der Waals surface area contributed by atoms with Crippen LogP contribution in [0.4, 0.5) is 10.1 Å². The molecule has 1 aliphatic carbocycles. The monoisotopic (exact) mass is 194 g/mol. The van der Waals surface area contributed by atoms with Crippen LogP contribution in [0.5, 0.6) is 0 Å².